The second-order valence-corrected chi connectivity index (χ2v) is 6.15. The number of anilines is 1. The van der Waals surface area contributed by atoms with E-state index in [1.165, 1.54) is 6.42 Å². The van der Waals surface area contributed by atoms with Crippen LogP contribution in [0.1, 0.15) is 44.9 Å². The van der Waals surface area contributed by atoms with Gasteiger partial charge in [-0.15, -0.1) is 0 Å². The maximum absolute atomic E-state index is 11.7. The van der Waals surface area contributed by atoms with Crippen LogP contribution in [0.2, 0.25) is 0 Å². The Morgan fingerprint density at radius 2 is 2.35 bits per heavy atom. The van der Waals surface area contributed by atoms with E-state index < -0.39 is 5.60 Å². The van der Waals surface area contributed by atoms with E-state index in [0.717, 1.165) is 56.8 Å². The molecule has 3 rings (SSSR count). The first-order valence-corrected chi connectivity index (χ1v) is 7.68. The first-order valence-electron chi connectivity index (χ1n) is 7.68. The van der Waals surface area contributed by atoms with Gasteiger partial charge in [-0.2, -0.15) is 0 Å². The number of aromatic nitrogens is 2. The highest BCUT2D eigenvalue weighted by Gasteiger charge is 2.43. The SMILES string of the molecule is CCc1nc(N2CCC3(O)CCCCC3C2)cc(=O)[nH]1. The van der Waals surface area contributed by atoms with Gasteiger partial charge in [-0.3, -0.25) is 4.79 Å². The Kier molecular flexibility index (Phi) is 3.54. The van der Waals surface area contributed by atoms with Gasteiger partial charge < -0.3 is 15.0 Å². The molecule has 1 saturated heterocycles. The summed E-state index contributed by atoms with van der Waals surface area (Å²) in [4.78, 5) is 21.1. The van der Waals surface area contributed by atoms with Crippen molar-refractivity contribution in [1.29, 1.82) is 0 Å². The molecule has 2 fully saturated rings. The Balaban J connectivity index is 1.82. The van der Waals surface area contributed by atoms with Crippen LogP contribution >= 0.6 is 0 Å². The van der Waals surface area contributed by atoms with E-state index in [-0.39, 0.29) is 5.56 Å². The highest BCUT2D eigenvalue weighted by Crippen LogP contribution is 2.40. The molecule has 0 amide bonds. The minimum absolute atomic E-state index is 0.0867. The molecule has 20 heavy (non-hydrogen) atoms. The van der Waals surface area contributed by atoms with Crippen molar-refractivity contribution in [3.8, 4) is 0 Å². The Morgan fingerprint density at radius 1 is 1.50 bits per heavy atom. The zero-order valence-electron chi connectivity index (χ0n) is 12.1. The number of H-pyrrole nitrogens is 1. The summed E-state index contributed by atoms with van der Waals surface area (Å²) in [7, 11) is 0. The van der Waals surface area contributed by atoms with E-state index in [4.69, 9.17) is 0 Å². The summed E-state index contributed by atoms with van der Waals surface area (Å²) in [6.07, 6.45) is 5.85. The summed E-state index contributed by atoms with van der Waals surface area (Å²) in [6.45, 7) is 3.58. The normalized spacial score (nSPS) is 30.1. The van der Waals surface area contributed by atoms with E-state index >= 15 is 0 Å². The number of aromatic amines is 1. The molecule has 0 bridgehead atoms. The predicted molar refractivity (Wildman–Crippen MR) is 78.0 cm³/mol. The van der Waals surface area contributed by atoms with Crippen LogP contribution in [0.25, 0.3) is 0 Å². The minimum atomic E-state index is -0.483. The van der Waals surface area contributed by atoms with Crippen LogP contribution in [0.4, 0.5) is 5.82 Å². The number of nitrogens with zero attached hydrogens (tertiary/aromatic N) is 2. The van der Waals surface area contributed by atoms with Gasteiger partial charge in [0, 0.05) is 31.5 Å². The van der Waals surface area contributed by atoms with Crippen molar-refractivity contribution in [2.24, 2.45) is 5.92 Å². The molecule has 0 aromatic carbocycles. The van der Waals surface area contributed by atoms with Crippen LogP contribution in [-0.2, 0) is 6.42 Å². The summed E-state index contributed by atoms with van der Waals surface area (Å²) in [5.74, 6) is 1.81. The Morgan fingerprint density at radius 3 is 3.15 bits per heavy atom. The molecule has 1 aliphatic heterocycles. The summed E-state index contributed by atoms with van der Waals surface area (Å²) in [5.41, 5.74) is -0.569. The summed E-state index contributed by atoms with van der Waals surface area (Å²) in [5, 5.41) is 10.7. The molecule has 2 aliphatic rings. The fourth-order valence-corrected chi connectivity index (χ4v) is 3.60. The van der Waals surface area contributed by atoms with Crippen LogP contribution in [0.15, 0.2) is 10.9 Å². The highest BCUT2D eigenvalue weighted by molar-refractivity contribution is 5.39. The topological polar surface area (TPSA) is 69.2 Å². The summed E-state index contributed by atoms with van der Waals surface area (Å²) < 4.78 is 0. The molecule has 2 heterocycles. The van der Waals surface area contributed by atoms with Crippen molar-refractivity contribution < 1.29 is 5.11 Å². The average molecular weight is 277 g/mol. The molecule has 5 heteroatoms. The number of piperidine rings is 1. The van der Waals surface area contributed by atoms with E-state index in [9.17, 15) is 9.90 Å². The zero-order valence-corrected chi connectivity index (χ0v) is 12.1. The molecule has 1 saturated carbocycles. The van der Waals surface area contributed by atoms with E-state index in [1.54, 1.807) is 6.07 Å². The van der Waals surface area contributed by atoms with E-state index in [1.807, 2.05) is 6.92 Å². The van der Waals surface area contributed by atoms with Crippen LogP contribution < -0.4 is 10.5 Å². The molecule has 1 aromatic heterocycles. The number of hydrogen-bond acceptors (Lipinski definition) is 4. The molecule has 5 nitrogen and oxygen atoms in total. The number of hydrogen-bond donors (Lipinski definition) is 2. The monoisotopic (exact) mass is 277 g/mol. The number of rotatable bonds is 2. The van der Waals surface area contributed by atoms with Crippen LogP contribution in [0.5, 0.6) is 0 Å². The number of fused-ring (bicyclic) bond motifs is 1. The fourth-order valence-electron chi connectivity index (χ4n) is 3.60. The van der Waals surface area contributed by atoms with Crippen LogP contribution in [0.3, 0.4) is 0 Å². The lowest BCUT2D eigenvalue weighted by Gasteiger charge is -2.47. The third kappa shape index (κ3) is 2.46. The Hall–Kier alpha value is -1.36. The smallest absolute Gasteiger partial charge is 0.252 e. The van der Waals surface area contributed by atoms with Crippen molar-refractivity contribution in [2.75, 3.05) is 18.0 Å². The van der Waals surface area contributed by atoms with Gasteiger partial charge in [-0.25, -0.2) is 4.98 Å². The highest BCUT2D eigenvalue weighted by atomic mass is 16.3. The molecular weight excluding hydrogens is 254 g/mol. The van der Waals surface area contributed by atoms with Crippen LogP contribution in [-0.4, -0.2) is 33.8 Å². The maximum atomic E-state index is 11.7. The number of nitrogens with one attached hydrogen (secondary N) is 1. The quantitative estimate of drug-likeness (QED) is 0.859. The lowest BCUT2D eigenvalue weighted by Crippen LogP contribution is -2.53. The van der Waals surface area contributed by atoms with Gasteiger partial charge in [0.15, 0.2) is 0 Å². The van der Waals surface area contributed by atoms with Crippen molar-refractivity contribution in [3.63, 3.8) is 0 Å². The largest absolute Gasteiger partial charge is 0.389 e. The van der Waals surface area contributed by atoms with Gasteiger partial charge in [0.1, 0.15) is 11.6 Å². The van der Waals surface area contributed by atoms with Crippen molar-refractivity contribution >= 4 is 5.82 Å². The average Bonchev–Trinajstić information content (AvgIpc) is 2.45. The van der Waals surface area contributed by atoms with Crippen molar-refractivity contribution in [2.45, 2.75) is 51.0 Å². The predicted octanol–water partition coefficient (Wildman–Crippen LogP) is 1.46. The molecular formula is C15H23N3O2. The number of aliphatic hydroxyl groups is 1. The molecule has 2 atom stereocenters. The fraction of sp³-hybridized carbons (Fsp3) is 0.733. The third-order valence-electron chi connectivity index (χ3n) is 4.86. The first kappa shape index (κ1) is 13.6. The molecule has 0 radical (unpaired) electrons. The van der Waals surface area contributed by atoms with Gasteiger partial charge in [0.2, 0.25) is 0 Å². The van der Waals surface area contributed by atoms with Crippen molar-refractivity contribution in [3.05, 3.63) is 22.2 Å². The first-order chi connectivity index (χ1) is 9.60. The van der Waals surface area contributed by atoms with Gasteiger partial charge in [0.05, 0.1) is 5.60 Å². The second-order valence-electron chi connectivity index (χ2n) is 6.15. The van der Waals surface area contributed by atoms with E-state index in [2.05, 4.69) is 14.9 Å². The number of aryl methyl sites for hydroxylation is 1. The van der Waals surface area contributed by atoms with Gasteiger partial charge in [-0.1, -0.05) is 19.8 Å². The maximum Gasteiger partial charge on any atom is 0.252 e. The lowest BCUT2D eigenvalue weighted by atomic mass is 9.71. The minimum Gasteiger partial charge on any atom is -0.389 e. The Labute approximate surface area is 119 Å². The molecule has 2 N–H and O–H groups in total. The lowest BCUT2D eigenvalue weighted by molar-refractivity contribution is -0.0613. The molecule has 2 unspecified atom stereocenters. The second kappa shape index (κ2) is 5.20. The van der Waals surface area contributed by atoms with Crippen molar-refractivity contribution in [1.82, 2.24) is 9.97 Å². The zero-order chi connectivity index (χ0) is 14.2. The van der Waals surface area contributed by atoms with Gasteiger partial charge >= 0.3 is 0 Å². The van der Waals surface area contributed by atoms with Gasteiger partial charge in [-0.05, 0) is 19.3 Å². The summed E-state index contributed by atoms with van der Waals surface area (Å²) in [6, 6.07) is 1.58. The molecule has 0 spiro atoms. The third-order valence-corrected chi connectivity index (χ3v) is 4.86. The molecule has 1 aromatic rings. The summed E-state index contributed by atoms with van der Waals surface area (Å²) >= 11 is 0. The van der Waals surface area contributed by atoms with E-state index in [0.29, 0.717) is 5.92 Å². The van der Waals surface area contributed by atoms with Crippen LogP contribution in [0, 0.1) is 5.92 Å². The molecule has 110 valence electrons. The molecule has 1 aliphatic carbocycles. The Bertz CT molecular complexity index is 542. The standard InChI is InChI=1S/C15H23N3O2/c1-2-12-16-13(9-14(19)17-12)18-8-7-15(20)6-4-3-5-11(15)10-18/h9,11,20H,2-8,10H2,1H3,(H,16,17,19). The van der Waals surface area contributed by atoms with Gasteiger partial charge in [0.25, 0.3) is 5.56 Å².